The summed E-state index contributed by atoms with van der Waals surface area (Å²) in [5.74, 6) is 0.436. The minimum absolute atomic E-state index is 0.168. The van der Waals surface area contributed by atoms with Crippen molar-refractivity contribution in [3.8, 4) is 0 Å². The molecule has 1 saturated heterocycles. The van der Waals surface area contributed by atoms with Gasteiger partial charge in [0.1, 0.15) is 11.2 Å². The van der Waals surface area contributed by atoms with Gasteiger partial charge < -0.3 is 9.88 Å². The number of nitrogens with one attached hydrogen (secondary N) is 1. The number of aromatic nitrogens is 2. The molecule has 1 N–H and O–H groups in total. The average Bonchev–Trinajstić information content (AvgIpc) is 2.80. The Kier molecular flexibility index (Phi) is 4.67. The molecule has 2 aromatic heterocycles. The highest BCUT2D eigenvalue weighted by Crippen LogP contribution is 2.34. The van der Waals surface area contributed by atoms with Crippen molar-refractivity contribution in [2.24, 2.45) is 11.3 Å². The lowest BCUT2D eigenvalue weighted by Gasteiger charge is -2.29. The number of nitrogens with zero attached hydrogens (tertiary/aromatic N) is 2. The average molecular weight is 341 g/mol. The van der Waals surface area contributed by atoms with Gasteiger partial charge in [0.2, 0.25) is 5.43 Å². The molecule has 0 aliphatic carbocycles. The van der Waals surface area contributed by atoms with Crippen LogP contribution in [0.3, 0.4) is 0 Å². The molecule has 3 heterocycles. The monoisotopic (exact) mass is 341 g/mol. The first kappa shape index (κ1) is 17.6. The molecule has 5 heteroatoms. The molecular weight excluding hydrogens is 314 g/mol. The van der Waals surface area contributed by atoms with Gasteiger partial charge in [-0.15, -0.1) is 0 Å². The van der Waals surface area contributed by atoms with E-state index in [1.54, 1.807) is 12.1 Å². The van der Waals surface area contributed by atoms with E-state index in [1.807, 2.05) is 11.8 Å². The third-order valence-electron chi connectivity index (χ3n) is 5.35. The maximum atomic E-state index is 12.9. The molecule has 0 unspecified atom stereocenters. The smallest absolute Gasteiger partial charge is 0.259 e. The molecule has 1 fully saturated rings. The highest BCUT2D eigenvalue weighted by Gasteiger charge is 2.29. The van der Waals surface area contributed by atoms with E-state index in [4.69, 9.17) is 0 Å². The standard InChI is InChI=1S/C20H27N3O2/c1-13-7-8-15-17(24)16(12-21-18(15)22-13)19(25)23-10-5-6-14(9-11-23)20(2,3)4/h7-8,12,14H,5-6,9-11H2,1-4H3,(H,21,22,24)/t14-/m1/s1. The van der Waals surface area contributed by atoms with Crippen LogP contribution in [0.25, 0.3) is 11.0 Å². The van der Waals surface area contributed by atoms with Gasteiger partial charge in [0.15, 0.2) is 0 Å². The van der Waals surface area contributed by atoms with Crippen LogP contribution < -0.4 is 5.43 Å². The number of aryl methyl sites for hydroxylation is 1. The summed E-state index contributed by atoms with van der Waals surface area (Å²) in [5, 5.41) is 0.471. The molecule has 0 radical (unpaired) electrons. The Bertz CT molecular complexity index is 848. The minimum Gasteiger partial charge on any atom is -0.345 e. The fraction of sp³-hybridized carbons (Fsp3) is 0.550. The molecule has 0 aromatic carbocycles. The Morgan fingerprint density at radius 2 is 2.00 bits per heavy atom. The van der Waals surface area contributed by atoms with E-state index in [2.05, 4.69) is 30.7 Å². The maximum Gasteiger partial charge on any atom is 0.259 e. The van der Waals surface area contributed by atoms with Crippen LogP contribution in [0, 0.1) is 18.3 Å². The van der Waals surface area contributed by atoms with E-state index in [0.29, 0.717) is 23.5 Å². The molecule has 1 amide bonds. The second-order valence-corrected chi connectivity index (χ2v) is 8.17. The summed E-state index contributed by atoms with van der Waals surface area (Å²) in [6, 6.07) is 3.54. The second-order valence-electron chi connectivity index (χ2n) is 8.17. The highest BCUT2D eigenvalue weighted by molar-refractivity contribution is 5.96. The zero-order valence-corrected chi connectivity index (χ0v) is 15.6. The predicted molar refractivity (Wildman–Crippen MR) is 99.8 cm³/mol. The zero-order chi connectivity index (χ0) is 18.2. The number of rotatable bonds is 1. The van der Waals surface area contributed by atoms with Gasteiger partial charge in [-0.25, -0.2) is 4.98 Å². The first-order valence-electron chi connectivity index (χ1n) is 9.05. The minimum atomic E-state index is -0.233. The van der Waals surface area contributed by atoms with Crippen LogP contribution in [-0.2, 0) is 0 Å². The first-order valence-corrected chi connectivity index (χ1v) is 9.05. The number of H-pyrrole nitrogens is 1. The number of aromatic amines is 1. The number of carbonyl (C=O) groups is 1. The van der Waals surface area contributed by atoms with Gasteiger partial charge in [-0.2, -0.15) is 0 Å². The number of pyridine rings is 2. The number of fused-ring (bicyclic) bond motifs is 1. The van der Waals surface area contributed by atoms with Crippen molar-refractivity contribution in [1.29, 1.82) is 0 Å². The Morgan fingerprint density at radius 1 is 1.24 bits per heavy atom. The lowest BCUT2D eigenvalue weighted by atomic mass is 9.77. The van der Waals surface area contributed by atoms with Crippen molar-refractivity contribution in [3.63, 3.8) is 0 Å². The van der Waals surface area contributed by atoms with Crippen LogP contribution in [0.2, 0.25) is 0 Å². The molecule has 25 heavy (non-hydrogen) atoms. The Balaban J connectivity index is 1.86. The third kappa shape index (κ3) is 3.60. The van der Waals surface area contributed by atoms with E-state index in [9.17, 15) is 9.59 Å². The van der Waals surface area contributed by atoms with Crippen LogP contribution in [-0.4, -0.2) is 33.9 Å². The van der Waals surface area contributed by atoms with Crippen LogP contribution >= 0.6 is 0 Å². The molecule has 0 bridgehead atoms. The molecule has 1 aliphatic heterocycles. The predicted octanol–water partition coefficient (Wildman–Crippen LogP) is 3.52. The molecular formula is C20H27N3O2. The van der Waals surface area contributed by atoms with Crippen molar-refractivity contribution in [1.82, 2.24) is 14.9 Å². The molecule has 3 rings (SSSR count). The van der Waals surface area contributed by atoms with Gasteiger partial charge in [-0.05, 0) is 49.7 Å². The van der Waals surface area contributed by atoms with Crippen LogP contribution in [0.5, 0.6) is 0 Å². The number of hydrogen-bond acceptors (Lipinski definition) is 3. The van der Waals surface area contributed by atoms with Gasteiger partial charge >= 0.3 is 0 Å². The van der Waals surface area contributed by atoms with Crippen molar-refractivity contribution in [2.75, 3.05) is 13.1 Å². The summed E-state index contributed by atoms with van der Waals surface area (Å²) >= 11 is 0. The molecule has 134 valence electrons. The normalized spacial score (nSPS) is 19.0. The molecule has 1 aliphatic rings. The van der Waals surface area contributed by atoms with E-state index in [1.165, 1.54) is 6.20 Å². The Morgan fingerprint density at radius 3 is 2.72 bits per heavy atom. The number of amides is 1. The van der Waals surface area contributed by atoms with Crippen molar-refractivity contribution >= 4 is 16.9 Å². The first-order chi connectivity index (χ1) is 11.8. The van der Waals surface area contributed by atoms with E-state index in [-0.39, 0.29) is 22.3 Å². The van der Waals surface area contributed by atoms with Gasteiger partial charge in [0.25, 0.3) is 5.91 Å². The van der Waals surface area contributed by atoms with Crippen LogP contribution in [0.4, 0.5) is 0 Å². The van der Waals surface area contributed by atoms with Gasteiger partial charge in [0, 0.05) is 25.0 Å². The lowest BCUT2D eigenvalue weighted by Crippen LogP contribution is -2.35. The van der Waals surface area contributed by atoms with Crippen molar-refractivity contribution < 1.29 is 4.79 Å². The lowest BCUT2D eigenvalue weighted by molar-refractivity contribution is 0.0754. The molecule has 5 nitrogen and oxygen atoms in total. The molecule has 2 aromatic rings. The quantitative estimate of drug-likeness (QED) is 0.863. The van der Waals surface area contributed by atoms with Crippen molar-refractivity contribution in [3.05, 3.63) is 39.8 Å². The van der Waals surface area contributed by atoms with E-state index >= 15 is 0 Å². The number of likely N-dealkylation sites (tertiary alicyclic amines) is 1. The summed E-state index contributed by atoms with van der Waals surface area (Å²) in [6.07, 6.45) is 4.62. The second kappa shape index (κ2) is 6.62. The summed E-state index contributed by atoms with van der Waals surface area (Å²) in [6.45, 7) is 10.1. The van der Waals surface area contributed by atoms with E-state index in [0.717, 1.165) is 31.5 Å². The fourth-order valence-corrected chi connectivity index (χ4v) is 3.70. The largest absolute Gasteiger partial charge is 0.345 e. The molecule has 0 spiro atoms. The summed E-state index contributed by atoms with van der Waals surface area (Å²) in [7, 11) is 0. The third-order valence-corrected chi connectivity index (χ3v) is 5.35. The summed E-state index contributed by atoms with van der Waals surface area (Å²) in [5.41, 5.74) is 1.60. The number of hydrogen-bond donors (Lipinski definition) is 1. The molecule has 0 saturated carbocycles. The van der Waals surface area contributed by atoms with Crippen molar-refractivity contribution in [2.45, 2.75) is 47.0 Å². The fourth-order valence-electron chi connectivity index (χ4n) is 3.70. The maximum absolute atomic E-state index is 12.9. The van der Waals surface area contributed by atoms with Gasteiger partial charge in [0.05, 0.1) is 5.39 Å². The van der Waals surface area contributed by atoms with E-state index < -0.39 is 0 Å². The summed E-state index contributed by atoms with van der Waals surface area (Å²) < 4.78 is 0. The van der Waals surface area contributed by atoms with Gasteiger partial charge in [-0.3, -0.25) is 9.59 Å². The number of carbonyl (C=O) groups excluding carboxylic acids is 1. The zero-order valence-electron chi connectivity index (χ0n) is 15.6. The molecule has 1 atom stereocenters. The SMILES string of the molecule is Cc1ccc2c(=O)c(C(=O)N3CCC[C@@H](C(C)(C)C)CC3)c[nH]c2n1. The Hall–Kier alpha value is -2.17. The van der Waals surface area contributed by atoms with Crippen LogP contribution in [0.15, 0.2) is 23.1 Å². The topological polar surface area (TPSA) is 66.1 Å². The Labute approximate surface area is 148 Å². The van der Waals surface area contributed by atoms with Gasteiger partial charge in [-0.1, -0.05) is 20.8 Å². The summed E-state index contributed by atoms with van der Waals surface area (Å²) in [4.78, 5) is 34.8. The highest BCUT2D eigenvalue weighted by atomic mass is 16.2. The van der Waals surface area contributed by atoms with Crippen LogP contribution in [0.1, 0.15) is 56.1 Å².